The monoisotopic (exact) mass is 261 g/mol. The number of benzene rings is 1. The molecule has 2 N–H and O–H groups in total. The van der Waals surface area contributed by atoms with Crippen LogP contribution in [0.1, 0.15) is 22.7 Å². The lowest BCUT2D eigenvalue weighted by Crippen LogP contribution is -2.36. The molecule has 0 heterocycles. The summed E-state index contributed by atoms with van der Waals surface area (Å²) in [6, 6.07) is 3.57. The first-order valence-electron chi connectivity index (χ1n) is 5.31. The Bertz CT molecular complexity index is 443. The molecule has 18 heavy (non-hydrogen) atoms. The molecule has 0 radical (unpaired) electrons. The first-order valence-corrected chi connectivity index (χ1v) is 5.31. The van der Waals surface area contributed by atoms with E-state index in [2.05, 4.69) is 0 Å². The number of hydrogen-bond donors (Lipinski definition) is 2. The minimum Gasteiger partial charge on any atom is -0.480 e. The maximum Gasteiger partial charge on any atom is 0.401 e. The Hall–Kier alpha value is -1.56. The van der Waals surface area contributed by atoms with E-state index in [9.17, 15) is 18.0 Å². The van der Waals surface area contributed by atoms with Crippen molar-refractivity contribution in [2.75, 3.05) is 6.54 Å². The molecule has 1 unspecified atom stereocenters. The average molecular weight is 261 g/mol. The van der Waals surface area contributed by atoms with Crippen molar-refractivity contribution in [3.63, 3.8) is 0 Å². The maximum absolute atomic E-state index is 12.1. The lowest BCUT2D eigenvalue weighted by Gasteiger charge is -2.19. The molecule has 3 nitrogen and oxygen atoms in total. The summed E-state index contributed by atoms with van der Waals surface area (Å²) in [4.78, 5) is 11.1. The molecule has 1 aromatic rings. The van der Waals surface area contributed by atoms with Crippen molar-refractivity contribution in [2.45, 2.75) is 26.1 Å². The molecule has 1 atom stereocenters. The molecular formula is C12H14F3NO2. The average Bonchev–Trinajstić information content (AvgIpc) is 2.22. The van der Waals surface area contributed by atoms with E-state index in [1.807, 2.05) is 5.32 Å². The zero-order valence-corrected chi connectivity index (χ0v) is 10.0. The quantitative estimate of drug-likeness (QED) is 0.875. The lowest BCUT2D eigenvalue weighted by molar-refractivity contribution is -0.143. The van der Waals surface area contributed by atoms with E-state index in [-0.39, 0.29) is 0 Å². The van der Waals surface area contributed by atoms with Gasteiger partial charge in [-0.25, -0.2) is 0 Å². The van der Waals surface area contributed by atoms with Gasteiger partial charge in [-0.2, -0.15) is 13.2 Å². The van der Waals surface area contributed by atoms with Gasteiger partial charge in [0.1, 0.15) is 6.04 Å². The van der Waals surface area contributed by atoms with Gasteiger partial charge in [0.25, 0.3) is 0 Å². The Morgan fingerprint density at radius 2 is 2.00 bits per heavy atom. The summed E-state index contributed by atoms with van der Waals surface area (Å²) in [6.07, 6.45) is -4.44. The molecule has 6 heteroatoms. The van der Waals surface area contributed by atoms with Gasteiger partial charge in [-0.3, -0.25) is 10.1 Å². The highest BCUT2D eigenvalue weighted by molar-refractivity contribution is 5.76. The van der Waals surface area contributed by atoms with Crippen molar-refractivity contribution in [1.29, 1.82) is 0 Å². The molecule has 1 rings (SSSR count). The number of carboxylic acid groups (broad SMARTS) is 1. The molecule has 0 fully saturated rings. The predicted octanol–water partition coefficient (Wildman–Crippen LogP) is 2.58. The molecule has 0 aliphatic carbocycles. The summed E-state index contributed by atoms with van der Waals surface area (Å²) in [5.74, 6) is -1.33. The smallest absolute Gasteiger partial charge is 0.401 e. The van der Waals surface area contributed by atoms with E-state index in [1.54, 1.807) is 26.0 Å². The van der Waals surface area contributed by atoms with Gasteiger partial charge in [0, 0.05) is 0 Å². The van der Waals surface area contributed by atoms with Crippen LogP contribution in [0.15, 0.2) is 18.2 Å². The number of alkyl halides is 3. The van der Waals surface area contributed by atoms with Crippen LogP contribution in [0.4, 0.5) is 13.2 Å². The Kier molecular flexibility index (Phi) is 4.34. The lowest BCUT2D eigenvalue weighted by atomic mass is 9.97. The largest absolute Gasteiger partial charge is 0.480 e. The third-order valence-electron chi connectivity index (χ3n) is 2.71. The van der Waals surface area contributed by atoms with Crippen LogP contribution in [0, 0.1) is 13.8 Å². The summed E-state index contributed by atoms with van der Waals surface area (Å²) in [5.41, 5.74) is 1.87. The van der Waals surface area contributed by atoms with Gasteiger partial charge < -0.3 is 5.11 Å². The Morgan fingerprint density at radius 3 is 2.50 bits per heavy atom. The zero-order chi connectivity index (χ0) is 13.9. The fraction of sp³-hybridized carbons (Fsp3) is 0.417. The predicted molar refractivity (Wildman–Crippen MR) is 60.4 cm³/mol. The van der Waals surface area contributed by atoms with Crippen LogP contribution in [0.3, 0.4) is 0 Å². The molecule has 0 amide bonds. The highest BCUT2D eigenvalue weighted by Crippen LogP contribution is 2.22. The van der Waals surface area contributed by atoms with Crippen LogP contribution in [0.5, 0.6) is 0 Å². The summed E-state index contributed by atoms with van der Waals surface area (Å²) in [6.45, 7) is 2.13. The van der Waals surface area contributed by atoms with Crippen molar-refractivity contribution in [3.05, 3.63) is 34.9 Å². The van der Waals surface area contributed by atoms with Crippen LogP contribution in [-0.4, -0.2) is 23.8 Å². The highest BCUT2D eigenvalue weighted by atomic mass is 19.4. The molecule has 0 bridgehead atoms. The molecule has 0 saturated carbocycles. The number of aryl methyl sites for hydroxylation is 1. The Morgan fingerprint density at radius 1 is 1.39 bits per heavy atom. The minimum absolute atomic E-state index is 0.353. The standard InChI is InChI=1S/C12H14F3NO2/c1-7-4-3-5-9(8(7)2)10(11(17)18)16-6-12(13,14)15/h3-5,10,16H,6H2,1-2H3,(H,17,18). The number of hydrogen-bond acceptors (Lipinski definition) is 2. The van der Waals surface area contributed by atoms with Crippen LogP contribution in [0.2, 0.25) is 0 Å². The fourth-order valence-corrected chi connectivity index (χ4v) is 1.63. The summed E-state index contributed by atoms with van der Waals surface area (Å²) >= 11 is 0. The fourth-order valence-electron chi connectivity index (χ4n) is 1.63. The van der Waals surface area contributed by atoms with Crippen molar-refractivity contribution in [3.8, 4) is 0 Å². The van der Waals surface area contributed by atoms with Crippen molar-refractivity contribution >= 4 is 5.97 Å². The second-order valence-electron chi connectivity index (χ2n) is 4.06. The zero-order valence-electron chi connectivity index (χ0n) is 10.0. The van der Waals surface area contributed by atoms with E-state index < -0.39 is 24.7 Å². The van der Waals surface area contributed by atoms with Gasteiger partial charge in [0.15, 0.2) is 0 Å². The maximum atomic E-state index is 12.1. The minimum atomic E-state index is -4.44. The first kappa shape index (κ1) is 14.5. The topological polar surface area (TPSA) is 49.3 Å². The molecule has 0 aliphatic rings. The van der Waals surface area contributed by atoms with Crippen molar-refractivity contribution in [2.24, 2.45) is 0 Å². The van der Waals surface area contributed by atoms with Crippen LogP contribution < -0.4 is 5.32 Å². The number of rotatable bonds is 4. The third kappa shape index (κ3) is 3.73. The summed E-state index contributed by atoms with van der Waals surface area (Å²) in [5, 5.41) is 11.0. The van der Waals surface area contributed by atoms with Crippen LogP contribution in [-0.2, 0) is 4.79 Å². The van der Waals surface area contributed by atoms with E-state index in [0.29, 0.717) is 11.1 Å². The van der Waals surface area contributed by atoms with Gasteiger partial charge in [-0.05, 0) is 30.5 Å². The molecule has 0 saturated heterocycles. The number of nitrogens with one attached hydrogen (secondary N) is 1. The third-order valence-corrected chi connectivity index (χ3v) is 2.71. The number of carboxylic acids is 1. The van der Waals surface area contributed by atoms with E-state index in [0.717, 1.165) is 5.56 Å². The van der Waals surface area contributed by atoms with Gasteiger partial charge in [0.05, 0.1) is 6.54 Å². The highest BCUT2D eigenvalue weighted by Gasteiger charge is 2.31. The van der Waals surface area contributed by atoms with Gasteiger partial charge >= 0.3 is 12.1 Å². The number of carbonyl (C=O) groups is 1. The summed E-state index contributed by atoms with van der Waals surface area (Å²) in [7, 11) is 0. The van der Waals surface area contributed by atoms with Crippen molar-refractivity contribution in [1.82, 2.24) is 5.32 Å². The van der Waals surface area contributed by atoms with E-state index >= 15 is 0 Å². The number of halogens is 3. The van der Waals surface area contributed by atoms with Gasteiger partial charge in [-0.15, -0.1) is 0 Å². The van der Waals surface area contributed by atoms with Crippen LogP contribution in [0.25, 0.3) is 0 Å². The molecular weight excluding hydrogens is 247 g/mol. The second kappa shape index (κ2) is 5.39. The van der Waals surface area contributed by atoms with Crippen LogP contribution >= 0.6 is 0 Å². The number of aliphatic carboxylic acids is 1. The molecule has 1 aromatic carbocycles. The Balaban J connectivity index is 2.99. The molecule has 100 valence electrons. The van der Waals surface area contributed by atoms with E-state index in [1.165, 1.54) is 6.07 Å². The van der Waals surface area contributed by atoms with Gasteiger partial charge in [-0.1, -0.05) is 18.2 Å². The molecule has 0 aromatic heterocycles. The first-order chi connectivity index (χ1) is 8.22. The molecule has 0 spiro atoms. The normalized spacial score (nSPS) is 13.4. The summed E-state index contributed by atoms with van der Waals surface area (Å²) < 4.78 is 36.4. The second-order valence-corrected chi connectivity index (χ2v) is 4.06. The van der Waals surface area contributed by atoms with Crippen molar-refractivity contribution < 1.29 is 23.1 Å². The Labute approximate surface area is 103 Å². The SMILES string of the molecule is Cc1cccc(C(NCC(F)(F)F)C(=O)O)c1C. The van der Waals surface area contributed by atoms with Gasteiger partial charge in [0.2, 0.25) is 0 Å². The van der Waals surface area contributed by atoms with E-state index in [4.69, 9.17) is 5.11 Å². The molecule has 0 aliphatic heterocycles.